The zero-order chi connectivity index (χ0) is 38.0. The number of ether oxygens (including phenoxy) is 2. The summed E-state index contributed by atoms with van der Waals surface area (Å²) in [6.07, 6.45) is 10.8. The number of hydrogen-bond donors (Lipinski definition) is 5. The molecule has 2 aliphatic rings. The van der Waals surface area contributed by atoms with Gasteiger partial charge in [0.2, 0.25) is 0 Å². The zero-order valence-corrected chi connectivity index (χ0v) is 32.8. The van der Waals surface area contributed by atoms with Crippen molar-refractivity contribution < 1.29 is 44.6 Å². The van der Waals surface area contributed by atoms with Gasteiger partial charge in [-0.3, -0.25) is 9.59 Å². The molecule has 0 spiro atoms. The van der Waals surface area contributed by atoms with Crippen LogP contribution in [0.1, 0.15) is 140 Å². The lowest BCUT2D eigenvalue weighted by Gasteiger charge is -2.35. The molecule has 0 radical (unpaired) electrons. The minimum Gasteiger partial charge on any atom is -0.512 e. The van der Waals surface area contributed by atoms with Crippen LogP contribution in [-0.4, -0.2) is 79.0 Å². The average molecular weight is 709 g/mol. The third kappa shape index (κ3) is 13.6. The summed E-state index contributed by atoms with van der Waals surface area (Å²) in [6, 6.07) is 0. The van der Waals surface area contributed by atoms with Crippen LogP contribution >= 0.6 is 0 Å². The molecule has 0 saturated carbocycles. The summed E-state index contributed by atoms with van der Waals surface area (Å²) < 4.78 is 12.7. The van der Waals surface area contributed by atoms with E-state index in [1.807, 2.05) is 40.7 Å². The lowest BCUT2D eigenvalue weighted by molar-refractivity contribution is -0.172. The maximum absolute atomic E-state index is 12.8. The second kappa shape index (κ2) is 19.9. The van der Waals surface area contributed by atoms with Crippen LogP contribution in [0.15, 0.2) is 24.0 Å². The first-order valence-corrected chi connectivity index (χ1v) is 19.4. The summed E-state index contributed by atoms with van der Waals surface area (Å²) in [6.45, 7) is 19.7. The molecule has 2 fully saturated rings. The molecule has 2 aliphatic heterocycles. The van der Waals surface area contributed by atoms with Crippen LogP contribution in [0.4, 0.5) is 0 Å². The summed E-state index contributed by atoms with van der Waals surface area (Å²) in [7, 11) is 0. The predicted octanol–water partition coefficient (Wildman–Crippen LogP) is 7.80. The van der Waals surface area contributed by atoms with Crippen LogP contribution in [0.3, 0.4) is 0 Å². The van der Waals surface area contributed by atoms with Gasteiger partial charge in [0, 0.05) is 36.2 Å². The Morgan fingerprint density at radius 2 is 1.46 bits per heavy atom. The Hall–Kier alpha value is -1.78. The molecule has 9 heteroatoms. The maximum atomic E-state index is 12.8. The van der Waals surface area contributed by atoms with Gasteiger partial charge < -0.3 is 35.0 Å². The molecule has 9 nitrogen and oxygen atoms in total. The van der Waals surface area contributed by atoms with Crippen molar-refractivity contribution in [3.05, 3.63) is 24.0 Å². The standard InChI is InChI=1S/C41H72O9/c1-25(21-29(5)34(43)24-35(44)30(6)22-27(3)20-26(2)14-15-38(46)47)12-11-13-28(4)39(48)31(7)36(45)23-33-16-18-41(10,49-33)37-17-19-40(9,50-37)32(8)42/h11,13,24-33,36-37,39,42-43,45,48H,12,14-23H2,1-10H3,(H,46,47)/b13-11+,34-24-/t25-,26-,27+,28-,29-,30+,31+,32-,33+,36+,37?,39-,40+,41+/m1/s1. The van der Waals surface area contributed by atoms with Gasteiger partial charge in [-0.25, -0.2) is 0 Å². The first kappa shape index (κ1) is 44.4. The van der Waals surface area contributed by atoms with Crippen LogP contribution in [-0.2, 0) is 19.1 Å². The number of rotatable bonds is 22. The van der Waals surface area contributed by atoms with Gasteiger partial charge >= 0.3 is 5.97 Å². The number of hydrogen-bond acceptors (Lipinski definition) is 8. The number of ketones is 1. The zero-order valence-electron chi connectivity index (χ0n) is 32.8. The molecule has 1 unspecified atom stereocenters. The highest BCUT2D eigenvalue weighted by Crippen LogP contribution is 2.45. The number of carbonyl (C=O) groups is 2. The first-order valence-electron chi connectivity index (χ1n) is 19.4. The molecule has 290 valence electrons. The predicted molar refractivity (Wildman–Crippen MR) is 198 cm³/mol. The Bertz CT molecular complexity index is 1120. The monoisotopic (exact) mass is 709 g/mol. The Kier molecular flexibility index (Phi) is 17.7. The lowest BCUT2D eigenvalue weighted by Crippen LogP contribution is -2.44. The third-order valence-electron chi connectivity index (χ3n) is 11.9. The minimum absolute atomic E-state index is 0.0809. The van der Waals surface area contributed by atoms with Crippen LogP contribution in [0.25, 0.3) is 0 Å². The summed E-state index contributed by atoms with van der Waals surface area (Å²) in [5.41, 5.74) is -1.01. The fourth-order valence-corrected chi connectivity index (χ4v) is 8.02. The van der Waals surface area contributed by atoms with Gasteiger partial charge in [-0.2, -0.15) is 0 Å². The number of carboxylic acid groups (broad SMARTS) is 1. The SMILES string of the molecule is C[C@H](CCC(=O)O)C[C@H](C)C[C@H](C)C(=O)/C=C(\O)[C@H](C)C[C@H](C)C/C=C/[C@@H](C)[C@@H](O)[C@@H](C)[C@@H](O)C[C@@H]1CC[C@@](C)(C2CC[C@@](C)([C@@H](C)O)O2)O1. The van der Waals surface area contributed by atoms with E-state index in [0.717, 1.165) is 38.5 Å². The molecule has 0 aromatic heterocycles. The van der Waals surface area contributed by atoms with E-state index in [1.54, 1.807) is 6.92 Å². The van der Waals surface area contributed by atoms with E-state index < -0.39 is 35.5 Å². The highest BCUT2D eigenvalue weighted by Gasteiger charge is 2.51. The van der Waals surface area contributed by atoms with Gasteiger partial charge in [0.1, 0.15) is 0 Å². The van der Waals surface area contributed by atoms with Gasteiger partial charge in [-0.15, -0.1) is 0 Å². The largest absolute Gasteiger partial charge is 0.512 e. The Labute approximate surface area is 302 Å². The number of aliphatic hydroxyl groups is 4. The van der Waals surface area contributed by atoms with E-state index in [2.05, 4.69) is 33.8 Å². The van der Waals surface area contributed by atoms with E-state index in [1.165, 1.54) is 6.08 Å². The number of aliphatic carboxylic acids is 1. The van der Waals surface area contributed by atoms with E-state index in [0.29, 0.717) is 25.7 Å². The van der Waals surface area contributed by atoms with Crippen LogP contribution < -0.4 is 0 Å². The van der Waals surface area contributed by atoms with Crippen molar-refractivity contribution in [2.24, 2.45) is 41.4 Å². The van der Waals surface area contributed by atoms with Gasteiger partial charge in [0.05, 0.1) is 47.5 Å². The van der Waals surface area contributed by atoms with Gasteiger partial charge in [-0.05, 0) is 103 Å². The molecule has 50 heavy (non-hydrogen) atoms. The van der Waals surface area contributed by atoms with Crippen molar-refractivity contribution >= 4 is 11.8 Å². The topological polar surface area (TPSA) is 154 Å². The molecule has 0 aromatic rings. The summed E-state index contributed by atoms with van der Waals surface area (Å²) >= 11 is 0. The van der Waals surface area contributed by atoms with E-state index in [9.17, 15) is 30.0 Å². The Balaban J connectivity index is 1.77. The van der Waals surface area contributed by atoms with Crippen molar-refractivity contribution in [2.45, 2.75) is 182 Å². The summed E-state index contributed by atoms with van der Waals surface area (Å²) in [4.78, 5) is 23.7. The van der Waals surface area contributed by atoms with Gasteiger partial charge in [-0.1, -0.05) is 60.6 Å². The first-order chi connectivity index (χ1) is 23.2. The van der Waals surface area contributed by atoms with Crippen molar-refractivity contribution in [2.75, 3.05) is 0 Å². The molecular weight excluding hydrogens is 636 g/mol. The molecule has 5 N–H and O–H groups in total. The average Bonchev–Trinajstić information content (AvgIpc) is 3.63. The van der Waals surface area contributed by atoms with Gasteiger partial charge in [0.25, 0.3) is 0 Å². The molecule has 0 bridgehead atoms. The molecule has 2 heterocycles. The minimum atomic E-state index is -0.781. The summed E-state index contributed by atoms with van der Waals surface area (Å²) in [5, 5.41) is 51.9. The lowest BCUT2D eigenvalue weighted by atomic mass is 9.85. The Morgan fingerprint density at radius 1 is 0.820 bits per heavy atom. The quantitative estimate of drug-likeness (QED) is 0.0431. The fourth-order valence-electron chi connectivity index (χ4n) is 8.02. The van der Waals surface area contributed by atoms with Crippen molar-refractivity contribution in [3.63, 3.8) is 0 Å². The summed E-state index contributed by atoms with van der Waals surface area (Å²) in [5.74, 6) is -0.810. The van der Waals surface area contributed by atoms with E-state index in [4.69, 9.17) is 14.6 Å². The highest BCUT2D eigenvalue weighted by atomic mass is 16.6. The molecule has 0 aromatic carbocycles. The normalized spacial score (nSPS) is 30.7. The number of carboxylic acids is 1. The number of allylic oxidation sites excluding steroid dienone is 3. The van der Waals surface area contributed by atoms with E-state index >= 15 is 0 Å². The van der Waals surface area contributed by atoms with Crippen LogP contribution in [0, 0.1) is 41.4 Å². The Morgan fingerprint density at radius 3 is 2.06 bits per heavy atom. The van der Waals surface area contributed by atoms with Crippen molar-refractivity contribution in [1.29, 1.82) is 0 Å². The van der Waals surface area contributed by atoms with E-state index in [-0.39, 0.29) is 71.6 Å². The second-order valence-electron chi connectivity index (χ2n) is 17.1. The number of carbonyl (C=O) groups excluding carboxylic acids is 1. The molecule has 14 atom stereocenters. The van der Waals surface area contributed by atoms with Crippen LogP contribution in [0.2, 0.25) is 0 Å². The van der Waals surface area contributed by atoms with Gasteiger partial charge in [0.15, 0.2) is 5.78 Å². The van der Waals surface area contributed by atoms with Crippen molar-refractivity contribution in [1.82, 2.24) is 0 Å². The molecule has 0 aliphatic carbocycles. The molecule has 0 amide bonds. The fraction of sp³-hybridized carbons (Fsp3) is 0.854. The molecular formula is C41H72O9. The second-order valence-corrected chi connectivity index (χ2v) is 17.1. The maximum Gasteiger partial charge on any atom is 0.303 e. The smallest absolute Gasteiger partial charge is 0.303 e. The number of aliphatic hydroxyl groups excluding tert-OH is 4. The highest BCUT2D eigenvalue weighted by molar-refractivity contribution is 5.91. The van der Waals surface area contributed by atoms with Crippen molar-refractivity contribution in [3.8, 4) is 0 Å². The molecule has 2 saturated heterocycles. The third-order valence-corrected chi connectivity index (χ3v) is 11.9. The van der Waals surface area contributed by atoms with Crippen LogP contribution in [0.5, 0.6) is 0 Å². The molecule has 2 rings (SSSR count).